The van der Waals surface area contributed by atoms with Gasteiger partial charge in [-0.25, -0.2) is 4.79 Å². The highest BCUT2D eigenvalue weighted by Gasteiger charge is 2.04. The van der Waals surface area contributed by atoms with E-state index in [0.29, 0.717) is 16.5 Å². The third-order valence-corrected chi connectivity index (χ3v) is 2.14. The van der Waals surface area contributed by atoms with Gasteiger partial charge in [0.05, 0.1) is 0 Å². The number of hydrogen-bond acceptors (Lipinski definition) is 3. The van der Waals surface area contributed by atoms with E-state index in [2.05, 4.69) is 0 Å². The number of fused-ring (bicyclic) bond motifs is 1. The van der Waals surface area contributed by atoms with E-state index in [9.17, 15) is 9.59 Å². The lowest BCUT2D eigenvalue weighted by atomic mass is 10.1. The molecule has 0 fully saturated rings. The predicted octanol–water partition coefficient (Wildman–Crippen LogP) is 1.91. The van der Waals surface area contributed by atoms with Crippen molar-refractivity contribution in [2.24, 2.45) is 0 Å². The Balaban J connectivity index is 2.98. The molecule has 0 atom stereocenters. The summed E-state index contributed by atoms with van der Waals surface area (Å²) in [5, 5.41) is 0.680. The average Bonchev–Trinajstić information content (AvgIpc) is 2.19. The molecule has 1 aromatic heterocycles. The maximum atomic E-state index is 11.0. The van der Waals surface area contributed by atoms with E-state index in [1.54, 1.807) is 18.2 Å². The predicted molar refractivity (Wildman–Crippen MR) is 52.6 cm³/mol. The third kappa shape index (κ3) is 1.23. The summed E-state index contributed by atoms with van der Waals surface area (Å²) >= 11 is 0. The highest BCUT2D eigenvalue weighted by molar-refractivity contribution is 5.96. The van der Waals surface area contributed by atoms with Crippen LogP contribution in [0, 0.1) is 6.92 Å². The minimum Gasteiger partial charge on any atom is -0.422 e. The Morgan fingerprint density at radius 1 is 1.21 bits per heavy atom. The number of carbonyl (C=O) groups excluding carboxylic acids is 1. The van der Waals surface area contributed by atoms with Crippen molar-refractivity contribution in [1.82, 2.24) is 0 Å². The van der Waals surface area contributed by atoms with Crippen molar-refractivity contribution in [1.29, 1.82) is 0 Å². The van der Waals surface area contributed by atoms with E-state index < -0.39 is 5.63 Å². The highest BCUT2D eigenvalue weighted by atomic mass is 16.4. The number of hydrogen-bond donors (Lipinski definition) is 0. The molecule has 0 aliphatic rings. The summed E-state index contributed by atoms with van der Waals surface area (Å²) < 4.78 is 5.02. The summed E-state index contributed by atoms with van der Waals surface area (Å²) in [5.74, 6) is 0. The normalized spacial score (nSPS) is 10.4. The minimum absolute atomic E-state index is 0.399. The van der Waals surface area contributed by atoms with Gasteiger partial charge >= 0.3 is 5.63 Å². The first-order chi connectivity index (χ1) is 6.72. The molecular formula is C11H8O3. The molecule has 0 aliphatic carbocycles. The molecule has 2 rings (SSSR count). The molecule has 0 radical (unpaired) electrons. The van der Waals surface area contributed by atoms with Gasteiger partial charge in [-0.3, -0.25) is 4.79 Å². The van der Waals surface area contributed by atoms with E-state index in [1.807, 2.05) is 6.92 Å². The van der Waals surface area contributed by atoms with Crippen LogP contribution in [0.1, 0.15) is 15.9 Å². The first-order valence-corrected chi connectivity index (χ1v) is 4.21. The van der Waals surface area contributed by atoms with Gasteiger partial charge in [0.25, 0.3) is 0 Å². The Morgan fingerprint density at radius 3 is 2.71 bits per heavy atom. The summed E-state index contributed by atoms with van der Waals surface area (Å²) in [6, 6.07) is 6.40. The van der Waals surface area contributed by atoms with Gasteiger partial charge < -0.3 is 4.42 Å². The van der Waals surface area contributed by atoms with Crippen molar-refractivity contribution in [3.63, 3.8) is 0 Å². The zero-order valence-corrected chi connectivity index (χ0v) is 7.61. The largest absolute Gasteiger partial charge is 0.422 e. The molecule has 0 amide bonds. The summed E-state index contributed by atoms with van der Waals surface area (Å²) in [7, 11) is 0. The first-order valence-electron chi connectivity index (χ1n) is 4.21. The van der Waals surface area contributed by atoms with Gasteiger partial charge in [0.2, 0.25) is 0 Å². The SMILES string of the molecule is Cc1ccc(C=O)c2ccc(=O)oc12. The van der Waals surface area contributed by atoms with Crippen molar-refractivity contribution >= 4 is 17.3 Å². The second-order valence-corrected chi connectivity index (χ2v) is 3.09. The molecule has 0 saturated heterocycles. The molecule has 0 unspecified atom stereocenters. The fourth-order valence-electron chi connectivity index (χ4n) is 1.42. The summed E-state index contributed by atoms with van der Waals surface area (Å²) in [6.07, 6.45) is 0.752. The van der Waals surface area contributed by atoms with E-state index in [1.165, 1.54) is 6.07 Å². The van der Waals surface area contributed by atoms with Crippen molar-refractivity contribution in [2.75, 3.05) is 0 Å². The van der Waals surface area contributed by atoms with E-state index >= 15 is 0 Å². The molecule has 0 bridgehead atoms. The quantitative estimate of drug-likeness (QED) is 0.507. The lowest BCUT2D eigenvalue weighted by Crippen LogP contribution is -1.97. The van der Waals surface area contributed by atoms with Gasteiger partial charge in [-0.1, -0.05) is 12.1 Å². The standard InChI is InChI=1S/C11H8O3/c1-7-2-3-8(6-12)9-4-5-10(13)14-11(7)9/h2-6H,1H3. The van der Waals surface area contributed by atoms with Gasteiger partial charge in [0, 0.05) is 17.0 Å². The molecule has 2 aromatic rings. The Hall–Kier alpha value is -1.90. The van der Waals surface area contributed by atoms with Crippen molar-refractivity contribution in [3.05, 3.63) is 45.8 Å². The van der Waals surface area contributed by atoms with Gasteiger partial charge in [0.1, 0.15) is 5.58 Å². The van der Waals surface area contributed by atoms with Crippen LogP contribution in [0.15, 0.2) is 33.5 Å². The first kappa shape index (κ1) is 8.69. The lowest BCUT2D eigenvalue weighted by molar-refractivity contribution is 0.112. The Kier molecular flexibility index (Phi) is 1.93. The number of aldehydes is 1. The van der Waals surface area contributed by atoms with Crippen LogP contribution in [0.3, 0.4) is 0 Å². The van der Waals surface area contributed by atoms with Crippen LogP contribution in [-0.4, -0.2) is 6.29 Å². The molecule has 3 heteroatoms. The molecule has 14 heavy (non-hydrogen) atoms. The minimum atomic E-state index is -0.399. The Bertz CT molecular complexity index is 552. The average molecular weight is 188 g/mol. The van der Waals surface area contributed by atoms with Crippen LogP contribution in [0.5, 0.6) is 0 Å². The summed E-state index contributed by atoms with van der Waals surface area (Å²) in [6.45, 7) is 1.83. The van der Waals surface area contributed by atoms with Gasteiger partial charge in [-0.05, 0) is 18.6 Å². The summed E-state index contributed by atoms with van der Waals surface area (Å²) in [4.78, 5) is 21.7. The monoisotopic (exact) mass is 188 g/mol. The van der Waals surface area contributed by atoms with Gasteiger partial charge in [-0.15, -0.1) is 0 Å². The zero-order chi connectivity index (χ0) is 10.1. The fourth-order valence-corrected chi connectivity index (χ4v) is 1.42. The van der Waals surface area contributed by atoms with Crippen LogP contribution in [0.4, 0.5) is 0 Å². The second kappa shape index (κ2) is 3.10. The van der Waals surface area contributed by atoms with E-state index in [4.69, 9.17) is 4.42 Å². The number of carbonyl (C=O) groups is 1. The van der Waals surface area contributed by atoms with E-state index in [0.717, 1.165) is 11.8 Å². The molecule has 1 heterocycles. The van der Waals surface area contributed by atoms with Gasteiger partial charge in [-0.2, -0.15) is 0 Å². The Morgan fingerprint density at radius 2 is 2.00 bits per heavy atom. The topological polar surface area (TPSA) is 47.3 Å². The number of rotatable bonds is 1. The number of aryl methyl sites for hydroxylation is 1. The molecular weight excluding hydrogens is 180 g/mol. The maximum absolute atomic E-state index is 11.0. The fraction of sp³-hybridized carbons (Fsp3) is 0.0909. The van der Waals surface area contributed by atoms with Crippen LogP contribution in [0.25, 0.3) is 11.0 Å². The zero-order valence-electron chi connectivity index (χ0n) is 7.61. The van der Waals surface area contributed by atoms with Gasteiger partial charge in [0.15, 0.2) is 6.29 Å². The molecule has 1 aromatic carbocycles. The molecule has 0 spiro atoms. The highest BCUT2D eigenvalue weighted by Crippen LogP contribution is 2.19. The Labute approximate surface area is 80.0 Å². The lowest BCUT2D eigenvalue weighted by Gasteiger charge is -2.01. The van der Waals surface area contributed by atoms with Crippen LogP contribution in [-0.2, 0) is 0 Å². The molecule has 0 N–H and O–H groups in total. The smallest absolute Gasteiger partial charge is 0.336 e. The maximum Gasteiger partial charge on any atom is 0.336 e. The van der Waals surface area contributed by atoms with Crippen molar-refractivity contribution < 1.29 is 9.21 Å². The molecule has 3 nitrogen and oxygen atoms in total. The molecule has 70 valence electrons. The summed E-state index contributed by atoms with van der Waals surface area (Å²) in [5.41, 5.74) is 1.48. The van der Waals surface area contributed by atoms with Crippen molar-refractivity contribution in [3.8, 4) is 0 Å². The van der Waals surface area contributed by atoms with Crippen LogP contribution < -0.4 is 5.63 Å². The van der Waals surface area contributed by atoms with Crippen LogP contribution >= 0.6 is 0 Å². The third-order valence-electron chi connectivity index (χ3n) is 2.14. The molecule has 0 saturated carbocycles. The second-order valence-electron chi connectivity index (χ2n) is 3.09. The number of benzene rings is 1. The van der Waals surface area contributed by atoms with Crippen LogP contribution in [0.2, 0.25) is 0 Å². The van der Waals surface area contributed by atoms with Crippen molar-refractivity contribution in [2.45, 2.75) is 6.92 Å². The van der Waals surface area contributed by atoms with E-state index in [-0.39, 0.29) is 0 Å². The molecule has 0 aliphatic heterocycles.